The second-order valence-corrected chi connectivity index (χ2v) is 27.8. The maximum atomic E-state index is 13.5. The Morgan fingerprint density at radius 2 is 1.00 bits per heavy atom. The van der Waals surface area contributed by atoms with Crippen LogP contribution in [0.15, 0.2) is 0 Å². The Bertz CT molecular complexity index is 2040. The molecule has 31 heteroatoms. The predicted molar refractivity (Wildman–Crippen MR) is 418 cm³/mol. The minimum absolute atomic E-state index is 0. The van der Waals surface area contributed by atoms with Gasteiger partial charge in [-0.1, -0.05) is 91.6 Å². The van der Waals surface area contributed by atoms with Gasteiger partial charge in [-0.15, -0.1) is 0 Å². The number of morpholine rings is 4. The van der Waals surface area contributed by atoms with Gasteiger partial charge in [0.15, 0.2) is 12.6 Å². The summed E-state index contributed by atoms with van der Waals surface area (Å²) >= 11 is 3.27. The van der Waals surface area contributed by atoms with E-state index in [9.17, 15) is 24.0 Å². The second-order valence-electron chi connectivity index (χ2n) is 27.2. The van der Waals surface area contributed by atoms with Gasteiger partial charge in [0.25, 0.3) is 0 Å². The molecule has 7 N–H and O–H groups in total. The molecule has 0 aromatic carbocycles. The van der Waals surface area contributed by atoms with Crippen molar-refractivity contribution in [2.75, 3.05) is 222 Å². The smallest absolute Gasteiger partial charge is 0.408 e. The minimum atomic E-state index is -1.04. The number of ether oxygens (including phenoxy) is 11. The van der Waals surface area contributed by atoms with Gasteiger partial charge in [-0.3, -0.25) is 29.2 Å². The largest absolute Gasteiger partial charge is 0.480 e. The van der Waals surface area contributed by atoms with Crippen molar-refractivity contribution in [1.82, 2.24) is 50.7 Å². The molecule has 0 saturated carbocycles. The summed E-state index contributed by atoms with van der Waals surface area (Å²) in [5, 5.41) is 21.6. The number of amides is 4. The quantitative estimate of drug-likeness (QED) is 0.0165. The Morgan fingerprint density at radius 1 is 0.606 bits per heavy atom. The zero-order valence-corrected chi connectivity index (χ0v) is 72.3. The number of carboxylic acids is 1. The first-order chi connectivity index (χ1) is 48.6. The van der Waals surface area contributed by atoms with Crippen molar-refractivity contribution in [2.45, 2.75) is 207 Å². The van der Waals surface area contributed by atoms with Crippen LogP contribution in [0.1, 0.15) is 159 Å². The number of piperazine rings is 1. The monoisotopic (exact) mass is 1790 g/mol. The van der Waals surface area contributed by atoms with Crippen LogP contribution >= 0.6 is 15.9 Å². The van der Waals surface area contributed by atoms with Crippen LogP contribution in [-0.4, -0.2) is 344 Å². The number of alkyl carbamates (subject to hydrolysis) is 2. The van der Waals surface area contributed by atoms with Gasteiger partial charge in [0, 0.05) is 203 Å². The van der Waals surface area contributed by atoms with Gasteiger partial charge in [0.05, 0.1) is 70.3 Å². The van der Waals surface area contributed by atoms with Gasteiger partial charge in [-0.05, 0) is 102 Å². The molecule has 5 aliphatic rings. The number of carbonyl (C=O) groups is 5. The number of alkyl halides is 1. The third kappa shape index (κ3) is 55.3. The molecule has 104 heavy (non-hydrogen) atoms. The Labute approximate surface area is 666 Å². The average Bonchev–Trinajstić information content (AvgIpc) is 0.853. The molecule has 4 amide bonds. The van der Waals surface area contributed by atoms with Crippen LogP contribution in [0.3, 0.4) is 0 Å². The Morgan fingerprint density at radius 3 is 1.38 bits per heavy atom. The predicted octanol–water partition coefficient (Wildman–Crippen LogP) is 6.68. The maximum absolute atomic E-state index is 13.5. The number of hydrogen-bond donors (Lipinski definition) is 6. The van der Waals surface area contributed by atoms with Crippen molar-refractivity contribution in [1.29, 1.82) is 1.34 Å². The van der Waals surface area contributed by atoms with Gasteiger partial charge < -0.3 is 94.0 Å². The number of hydrogen-bond acceptors (Lipinski definition) is 23. The molecule has 1 unspecified atom stereocenters. The first-order valence-corrected chi connectivity index (χ1v) is 38.5. The summed E-state index contributed by atoms with van der Waals surface area (Å²) in [6.45, 7) is 62.2. The number of carboxylic acid groups (broad SMARTS) is 1. The standard InChI is InChI=1S/C22H43N3O5.C14H27N3O2.C12H26N2O3.C11H21NO4.C6H13BrO2.C6H14N2O.2CH4.BH.U/c1-8-17(3)19(23-21(27)30-22(5,6)7)20(26)25(16-18(4)29-9-2)11-10-24-12-14-28-15-13-24;1-3-12(2)13-14(18)17(5-4-15-13)7-6-16-8-10-19-11-9-16;1-3-16-12(17-4-2)11-13-5-6-14-7-9-15-10-8-14;1-6-7(2)8(9(13)14)12-10(15)16-11(3,4)5;1-3-8-6(5-7)9-4-2;7-1-2-8-3-5-9-6-4-8;;;;/h17-19H,8-16H2,1-7H3,(H,23,27);12-13,15H,3-11H2,1-2H3;12-13H,3-11H2,1-2H3;7-8H,6H2,1-5H3,(H,12,15)(H,13,14);6H,3-5H2,1-2H3;1-7H2;2*1H4;1H;/t17-,18?,19-;12-,13-;;7-,8-;;;;;;/m00.0....../s1/i;;;;;;;;1T;. The molecule has 0 bridgehead atoms. The molecule has 0 aromatic rings. The van der Waals surface area contributed by atoms with Gasteiger partial charge >= 0.3 is 18.2 Å². The number of aliphatic carboxylic acids is 1. The molecule has 5 rings (SSSR count). The van der Waals surface area contributed by atoms with E-state index in [0.717, 1.165) is 189 Å². The van der Waals surface area contributed by atoms with Crippen molar-refractivity contribution in [3.8, 4) is 0 Å². The van der Waals surface area contributed by atoms with Crippen molar-refractivity contribution >= 4 is 54.3 Å². The zero-order chi connectivity index (χ0) is 77.3. The summed E-state index contributed by atoms with van der Waals surface area (Å²) in [7, 11) is 3.75. The fourth-order valence-corrected chi connectivity index (χ4v) is 10.9. The van der Waals surface area contributed by atoms with Crippen molar-refractivity contribution in [3.63, 3.8) is 0 Å². The molecule has 28 nitrogen and oxygen atoms in total. The first-order valence-electron chi connectivity index (χ1n) is 38.0. The molecular formula is C73H153BBrN11O17U. The van der Waals surface area contributed by atoms with E-state index in [1.54, 1.807) is 27.7 Å². The topological polar surface area (TPSA) is 301 Å². The molecule has 7 atom stereocenters. The van der Waals surface area contributed by atoms with E-state index in [1.165, 1.54) is 0 Å². The van der Waals surface area contributed by atoms with Crippen molar-refractivity contribution in [3.05, 3.63) is 0 Å². The summed E-state index contributed by atoms with van der Waals surface area (Å²) < 4.78 is 63.8. The van der Waals surface area contributed by atoms with E-state index in [1.807, 2.05) is 92.9 Å². The Kier molecular flexibility index (Phi) is 70.5. The van der Waals surface area contributed by atoms with Crippen LogP contribution in [0.4, 0.5) is 9.59 Å². The fourth-order valence-electron chi connectivity index (χ4n) is 10.5. The molecule has 5 saturated heterocycles. The van der Waals surface area contributed by atoms with E-state index >= 15 is 0 Å². The third-order valence-electron chi connectivity index (χ3n) is 16.8. The van der Waals surface area contributed by atoms with E-state index in [-0.39, 0.29) is 94.3 Å². The summed E-state index contributed by atoms with van der Waals surface area (Å²) in [4.78, 5) is 73.9. The minimum Gasteiger partial charge on any atom is -0.480 e. The normalized spacial score (nSPS) is 18.5. The Balaban J connectivity index is -0.000000394. The van der Waals surface area contributed by atoms with Crippen LogP contribution in [0.2, 0.25) is 0 Å². The van der Waals surface area contributed by atoms with Crippen molar-refractivity contribution in [2.24, 2.45) is 23.5 Å². The Hall–Kier alpha value is -2.09. The van der Waals surface area contributed by atoms with Crippen LogP contribution in [0.5, 0.6) is 0 Å². The number of nitrogens with one attached hydrogen (secondary N) is 4. The number of nitrogens with two attached hydrogens (primary N) is 1. The van der Waals surface area contributed by atoms with Crippen molar-refractivity contribution < 1.29 is 112 Å². The molecule has 2 radical (unpaired) electrons. The molecule has 616 valence electrons. The third-order valence-corrected chi connectivity index (χ3v) is 17.3. The summed E-state index contributed by atoms with van der Waals surface area (Å²) in [5.41, 5.74) is 4.14. The second kappa shape index (κ2) is 67.8. The summed E-state index contributed by atoms with van der Waals surface area (Å²) in [5.74, 6) is -0.578. The fraction of sp³-hybridized carbons (Fsp3) is 0.932. The van der Waals surface area contributed by atoms with Crippen LogP contribution in [0, 0.1) is 48.9 Å². The van der Waals surface area contributed by atoms with Gasteiger partial charge in [-0.25, -0.2) is 14.4 Å². The van der Waals surface area contributed by atoms with Gasteiger partial charge in [0.2, 0.25) is 11.8 Å². The number of carbonyl (C=O) groups excluding carboxylic acids is 4. The van der Waals surface area contributed by atoms with E-state index in [2.05, 4.69) is 79.0 Å². The van der Waals surface area contributed by atoms with E-state index in [4.69, 9.17) is 64.3 Å². The molecule has 5 fully saturated rings. The molecule has 0 aliphatic carbocycles. The molecule has 5 heterocycles. The van der Waals surface area contributed by atoms with Crippen LogP contribution in [0.25, 0.3) is 0 Å². The average molecular weight is 1790 g/mol. The number of halogens is 1. The van der Waals surface area contributed by atoms with Crippen LogP contribution < -0.4 is 27.0 Å². The van der Waals surface area contributed by atoms with E-state index < -0.39 is 41.4 Å². The molecule has 0 spiro atoms. The molecule has 0 aromatic heterocycles. The summed E-state index contributed by atoms with van der Waals surface area (Å²) in [6, 6.07) is -1.52. The van der Waals surface area contributed by atoms with Gasteiger partial charge in [0.1, 0.15) is 23.3 Å². The zero-order valence-electron chi connectivity index (χ0n) is 67.6. The first kappa shape index (κ1) is 108. The summed E-state index contributed by atoms with van der Waals surface area (Å²) in [6.07, 6.45) is 0.961. The SMILES string of the molecule is C.C.CCOC(C)CN(CCN1CCOCC1)C(=O)[C@@H](NC(=O)OC(C)(C)C)[C@@H](C)CC.CCOC(CBr)OCC.CCOC(CNCCN1CCOCC1)OCC.CC[C@H](C)[C@@H]1NCCN(CCN2CCOCC2)C1=O.CC[C@H](C)[C@H](NC(=O)OC(C)(C)C)C(=O)O.NCCN1CCOCC1.[3H][B].[U]. The molecule has 5 aliphatic heterocycles. The van der Waals surface area contributed by atoms with Crippen LogP contribution in [-0.2, 0) is 66.5 Å². The van der Waals surface area contributed by atoms with Gasteiger partial charge in [-0.2, -0.15) is 0 Å². The number of rotatable bonds is 36. The van der Waals surface area contributed by atoms with E-state index in [0.29, 0.717) is 58.5 Å². The molecular weight excluding hydrogens is 1630 g/mol. The number of nitrogens with zero attached hydrogens (tertiary/aromatic N) is 6. The maximum Gasteiger partial charge on any atom is 0.408 e.